The van der Waals surface area contributed by atoms with Crippen molar-refractivity contribution >= 4 is 5.91 Å². The lowest BCUT2D eigenvalue weighted by atomic mass is 9.62. The third kappa shape index (κ3) is 1.34. The number of nitrogens with zero attached hydrogens (tertiary/aromatic N) is 1. The van der Waals surface area contributed by atoms with Gasteiger partial charge in [0, 0.05) is 18.5 Å². The van der Waals surface area contributed by atoms with Crippen molar-refractivity contribution in [1.82, 2.24) is 4.90 Å². The highest BCUT2D eigenvalue weighted by Gasteiger charge is 2.73. The molecule has 2 nitrogen and oxygen atoms in total. The molecule has 5 rings (SSSR count). The van der Waals surface area contributed by atoms with E-state index in [0.717, 1.165) is 24.3 Å². The first-order valence-electron chi connectivity index (χ1n) is 9.14. The Hall–Kier alpha value is -0.790. The molecule has 0 N–H and O–H groups in total. The van der Waals surface area contributed by atoms with Crippen molar-refractivity contribution < 1.29 is 4.79 Å². The second kappa shape index (κ2) is 3.94. The molecule has 4 fully saturated rings. The number of amides is 1. The fourth-order valence-corrected chi connectivity index (χ4v) is 7.35. The molecule has 1 amide bonds. The summed E-state index contributed by atoms with van der Waals surface area (Å²) in [6.07, 6.45) is 10.2. The van der Waals surface area contributed by atoms with E-state index in [1.54, 1.807) is 5.57 Å². The van der Waals surface area contributed by atoms with Gasteiger partial charge in [0.1, 0.15) is 0 Å². The average molecular weight is 285 g/mol. The van der Waals surface area contributed by atoms with E-state index in [9.17, 15) is 4.79 Å². The number of carbonyl (C=O) groups excluding carboxylic acids is 1. The zero-order valence-corrected chi connectivity index (χ0v) is 13.3. The summed E-state index contributed by atoms with van der Waals surface area (Å²) in [7, 11) is 0. The van der Waals surface area contributed by atoms with Crippen LogP contribution in [0.25, 0.3) is 0 Å². The molecule has 1 saturated heterocycles. The van der Waals surface area contributed by atoms with Gasteiger partial charge in [0.05, 0.1) is 0 Å². The number of hydrogen-bond donors (Lipinski definition) is 0. The SMILES string of the molecule is CCCC(C)N1CC2C3CC4(CC5=CCC3C4C5)C2C1=O. The highest BCUT2D eigenvalue weighted by Crippen LogP contribution is 2.76. The van der Waals surface area contributed by atoms with Gasteiger partial charge in [-0.25, -0.2) is 0 Å². The highest BCUT2D eigenvalue weighted by molar-refractivity contribution is 5.84. The van der Waals surface area contributed by atoms with Gasteiger partial charge in [-0.2, -0.15) is 0 Å². The van der Waals surface area contributed by atoms with Crippen molar-refractivity contribution in [2.24, 2.45) is 35.0 Å². The quantitative estimate of drug-likeness (QED) is 0.725. The number of hydrogen-bond acceptors (Lipinski definition) is 1. The minimum Gasteiger partial charge on any atom is -0.339 e. The molecule has 3 saturated carbocycles. The fraction of sp³-hybridized carbons (Fsp3) is 0.842. The van der Waals surface area contributed by atoms with Crippen LogP contribution in [-0.2, 0) is 4.79 Å². The van der Waals surface area contributed by atoms with Gasteiger partial charge in [-0.3, -0.25) is 4.79 Å². The van der Waals surface area contributed by atoms with Crippen molar-refractivity contribution in [3.63, 3.8) is 0 Å². The van der Waals surface area contributed by atoms with Crippen molar-refractivity contribution in [3.8, 4) is 0 Å². The van der Waals surface area contributed by atoms with E-state index >= 15 is 0 Å². The van der Waals surface area contributed by atoms with Crippen LogP contribution >= 0.6 is 0 Å². The van der Waals surface area contributed by atoms with Gasteiger partial charge >= 0.3 is 0 Å². The molecule has 1 heterocycles. The molecule has 0 aromatic carbocycles. The molecule has 7 unspecified atom stereocenters. The molecular weight excluding hydrogens is 258 g/mol. The topological polar surface area (TPSA) is 20.3 Å². The summed E-state index contributed by atoms with van der Waals surface area (Å²) in [5, 5.41) is 0. The molecule has 7 atom stereocenters. The Balaban J connectivity index is 1.51. The van der Waals surface area contributed by atoms with E-state index in [-0.39, 0.29) is 0 Å². The maximum absolute atomic E-state index is 13.2. The minimum atomic E-state index is 0.395. The Kier molecular flexibility index (Phi) is 2.39. The van der Waals surface area contributed by atoms with E-state index in [4.69, 9.17) is 0 Å². The Morgan fingerprint density at radius 3 is 3.05 bits per heavy atom. The molecule has 4 aliphatic carbocycles. The molecule has 114 valence electrons. The van der Waals surface area contributed by atoms with Crippen molar-refractivity contribution in [1.29, 1.82) is 0 Å². The van der Waals surface area contributed by atoms with Crippen LogP contribution < -0.4 is 0 Å². The monoisotopic (exact) mass is 285 g/mol. The molecule has 0 aromatic rings. The predicted octanol–water partition coefficient (Wildman–Crippen LogP) is 3.63. The van der Waals surface area contributed by atoms with Gasteiger partial charge in [0.25, 0.3) is 0 Å². The second-order valence-corrected chi connectivity index (χ2v) is 8.62. The maximum atomic E-state index is 13.2. The zero-order valence-electron chi connectivity index (χ0n) is 13.3. The standard InChI is InChI=1S/C19H27NO/c1-3-4-11(2)20-10-15-14-9-19(17(15)18(20)21)8-12-5-6-13(14)16(19)7-12/h5,11,13-17H,3-4,6-10H2,1-2H3. The van der Waals surface area contributed by atoms with Gasteiger partial charge in [-0.1, -0.05) is 25.0 Å². The van der Waals surface area contributed by atoms with E-state index in [1.165, 1.54) is 38.5 Å². The van der Waals surface area contributed by atoms with Crippen molar-refractivity contribution in [3.05, 3.63) is 11.6 Å². The Morgan fingerprint density at radius 1 is 1.38 bits per heavy atom. The molecule has 2 heteroatoms. The third-order valence-corrected chi connectivity index (χ3v) is 7.93. The summed E-state index contributed by atoms with van der Waals surface area (Å²) in [5.74, 6) is 4.28. The smallest absolute Gasteiger partial charge is 0.226 e. The number of carbonyl (C=O) groups is 1. The van der Waals surface area contributed by atoms with Crippen LogP contribution in [0, 0.1) is 35.0 Å². The lowest BCUT2D eigenvalue weighted by Gasteiger charge is -2.40. The third-order valence-electron chi connectivity index (χ3n) is 7.93. The van der Waals surface area contributed by atoms with Crippen LogP contribution in [0.5, 0.6) is 0 Å². The van der Waals surface area contributed by atoms with Crippen LogP contribution in [0.4, 0.5) is 0 Å². The summed E-state index contributed by atoms with van der Waals surface area (Å²) in [4.78, 5) is 15.4. The first kappa shape index (κ1) is 12.7. The van der Waals surface area contributed by atoms with E-state index < -0.39 is 0 Å². The molecule has 4 bridgehead atoms. The normalized spacial score (nSPS) is 50.6. The van der Waals surface area contributed by atoms with Gasteiger partial charge in [-0.15, -0.1) is 0 Å². The minimum absolute atomic E-state index is 0.395. The van der Waals surface area contributed by atoms with Gasteiger partial charge in [0.2, 0.25) is 5.91 Å². The fourth-order valence-electron chi connectivity index (χ4n) is 7.35. The lowest BCUT2D eigenvalue weighted by molar-refractivity contribution is -0.137. The molecule has 1 aliphatic heterocycles. The van der Waals surface area contributed by atoms with E-state index in [2.05, 4.69) is 24.8 Å². The average Bonchev–Trinajstić information content (AvgIpc) is 3.11. The molecule has 0 radical (unpaired) electrons. The summed E-state index contributed by atoms with van der Waals surface area (Å²) < 4.78 is 0. The number of allylic oxidation sites excluding steroid dienone is 2. The van der Waals surface area contributed by atoms with E-state index in [1.807, 2.05) is 0 Å². The predicted molar refractivity (Wildman–Crippen MR) is 82.5 cm³/mol. The summed E-state index contributed by atoms with van der Waals surface area (Å²) >= 11 is 0. The second-order valence-electron chi connectivity index (χ2n) is 8.62. The zero-order chi connectivity index (χ0) is 14.4. The highest BCUT2D eigenvalue weighted by atomic mass is 16.2. The molecule has 1 spiro atoms. The number of fused-ring (bicyclic) bond motifs is 5. The summed E-state index contributed by atoms with van der Waals surface area (Å²) in [6.45, 7) is 5.58. The first-order valence-corrected chi connectivity index (χ1v) is 9.14. The van der Waals surface area contributed by atoms with Crippen molar-refractivity contribution in [2.45, 2.75) is 58.4 Å². The van der Waals surface area contributed by atoms with Crippen LogP contribution in [-0.4, -0.2) is 23.4 Å². The van der Waals surface area contributed by atoms with Crippen LogP contribution in [0.3, 0.4) is 0 Å². The molecular formula is C19H27NO. The van der Waals surface area contributed by atoms with Crippen LogP contribution in [0.15, 0.2) is 11.6 Å². The van der Waals surface area contributed by atoms with Crippen LogP contribution in [0.1, 0.15) is 52.4 Å². The largest absolute Gasteiger partial charge is 0.339 e. The van der Waals surface area contributed by atoms with Crippen LogP contribution in [0.2, 0.25) is 0 Å². The van der Waals surface area contributed by atoms with Gasteiger partial charge in [-0.05, 0) is 68.1 Å². The Bertz CT molecular complexity index is 538. The maximum Gasteiger partial charge on any atom is 0.226 e. The lowest BCUT2D eigenvalue weighted by Crippen LogP contribution is -2.42. The Labute approximate surface area is 128 Å². The van der Waals surface area contributed by atoms with Gasteiger partial charge in [0.15, 0.2) is 0 Å². The van der Waals surface area contributed by atoms with Crippen molar-refractivity contribution in [2.75, 3.05) is 6.54 Å². The number of rotatable bonds is 3. The molecule has 21 heavy (non-hydrogen) atoms. The Morgan fingerprint density at radius 2 is 2.24 bits per heavy atom. The summed E-state index contributed by atoms with van der Waals surface area (Å²) in [5.41, 5.74) is 2.10. The summed E-state index contributed by atoms with van der Waals surface area (Å²) in [6, 6.07) is 0.458. The first-order chi connectivity index (χ1) is 10.2. The van der Waals surface area contributed by atoms with E-state index in [0.29, 0.717) is 29.2 Å². The van der Waals surface area contributed by atoms with Gasteiger partial charge < -0.3 is 4.90 Å². The molecule has 0 aromatic heterocycles. The number of likely N-dealkylation sites (tertiary alicyclic amines) is 1. The molecule has 5 aliphatic rings.